The summed E-state index contributed by atoms with van der Waals surface area (Å²) in [7, 11) is 1.64. The Morgan fingerprint density at radius 3 is 2.78 bits per heavy atom. The number of fused-ring (bicyclic) bond motifs is 1. The van der Waals surface area contributed by atoms with E-state index in [9.17, 15) is 4.79 Å². The number of amides is 1. The molecule has 1 aliphatic rings. The van der Waals surface area contributed by atoms with Crippen LogP contribution in [0.5, 0.6) is 5.75 Å². The molecule has 0 atom stereocenters. The topological polar surface area (TPSA) is 41.6 Å². The van der Waals surface area contributed by atoms with E-state index in [1.54, 1.807) is 7.11 Å². The van der Waals surface area contributed by atoms with Crippen molar-refractivity contribution >= 4 is 23.4 Å². The summed E-state index contributed by atoms with van der Waals surface area (Å²) in [6.45, 7) is 1.83. The van der Waals surface area contributed by atoms with Gasteiger partial charge in [-0.25, -0.2) is 0 Å². The minimum absolute atomic E-state index is 0.0440. The van der Waals surface area contributed by atoms with Crippen LogP contribution in [0.3, 0.4) is 0 Å². The van der Waals surface area contributed by atoms with Gasteiger partial charge in [0, 0.05) is 23.7 Å². The van der Waals surface area contributed by atoms with E-state index in [2.05, 4.69) is 22.3 Å². The number of carbonyl (C=O) groups excluding carboxylic acids is 1. The van der Waals surface area contributed by atoms with Crippen LogP contribution in [0.4, 0.5) is 5.69 Å². The number of hydrogen-bond acceptors (Lipinski definition) is 4. The van der Waals surface area contributed by atoms with E-state index in [1.165, 1.54) is 4.90 Å². The third-order valence-corrected chi connectivity index (χ3v) is 4.85. The number of hydrogen-bond donors (Lipinski definition) is 1. The van der Waals surface area contributed by atoms with Crippen molar-refractivity contribution in [2.75, 3.05) is 30.9 Å². The number of rotatable bonds is 5. The second kappa shape index (κ2) is 7.42. The second-order valence-electron chi connectivity index (χ2n) is 5.36. The van der Waals surface area contributed by atoms with Crippen molar-refractivity contribution in [2.24, 2.45) is 0 Å². The summed E-state index contributed by atoms with van der Waals surface area (Å²) in [6.07, 6.45) is 0. The molecule has 1 aliphatic heterocycles. The van der Waals surface area contributed by atoms with Crippen molar-refractivity contribution < 1.29 is 9.53 Å². The van der Waals surface area contributed by atoms with E-state index in [0.29, 0.717) is 13.1 Å². The smallest absolute Gasteiger partial charge is 0.239 e. The van der Waals surface area contributed by atoms with Crippen molar-refractivity contribution in [3.63, 3.8) is 0 Å². The molecule has 2 aromatic carbocycles. The number of nitrogens with one attached hydrogen (secondary N) is 1. The molecule has 2 aromatic rings. The molecule has 0 saturated carbocycles. The lowest BCUT2D eigenvalue weighted by molar-refractivity contribution is -0.119. The zero-order chi connectivity index (χ0) is 16.1. The summed E-state index contributed by atoms with van der Waals surface area (Å²) in [5.41, 5.74) is 2.22. The molecule has 120 valence electrons. The number of nitrogens with zero attached hydrogens (tertiary/aromatic N) is 1. The molecular formula is C18H20N2O2S. The number of thioether (sulfide) groups is 1. The number of ether oxygens (including phenoxy) is 1. The normalized spacial score (nSPS) is 13.3. The van der Waals surface area contributed by atoms with Crippen LogP contribution < -0.4 is 15.0 Å². The minimum Gasteiger partial charge on any atom is -0.497 e. The Morgan fingerprint density at radius 2 is 2.00 bits per heavy atom. The van der Waals surface area contributed by atoms with E-state index < -0.39 is 0 Å². The van der Waals surface area contributed by atoms with Gasteiger partial charge in [-0.05, 0) is 29.8 Å². The van der Waals surface area contributed by atoms with Crippen molar-refractivity contribution in [3.05, 3.63) is 54.1 Å². The lowest BCUT2D eigenvalue weighted by Gasteiger charge is -2.30. The Bertz CT molecular complexity index is 673. The van der Waals surface area contributed by atoms with Gasteiger partial charge < -0.3 is 15.0 Å². The fourth-order valence-electron chi connectivity index (χ4n) is 2.56. The van der Waals surface area contributed by atoms with Gasteiger partial charge in [0.15, 0.2) is 0 Å². The fourth-order valence-corrected chi connectivity index (χ4v) is 3.62. The van der Waals surface area contributed by atoms with E-state index in [4.69, 9.17) is 4.74 Å². The highest BCUT2D eigenvalue weighted by Crippen LogP contribution is 2.33. The minimum atomic E-state index is 0.0440. The van der Waals surface area contributed by atoms with E-state index in [-0.39, 0.29) is 5.91 Å². The molecule has 1 amide bonds. The monoisotopic (exact) mass is 328 g/mol. The largest absolute Gasteiger partial charge is 0.497 e. The van der Waals surface area contributed by atoms with Gasteiger partial charge in [-0.1, -0.05) is 24.3 Å². The van der Waals surface area contributed by atoms with Crippen LogP contribution >= 0.6 is 11.8 Å². The lowest BCUT2D eigenvalue weighted by atomic mass is 10.2. The Kier molecular flexibility index (Phi) is 5.08. The highest BCUT2D eigenvalue weighted by molar-refractivity contribution is 7.99. The molecule has 0 aliphatic carbocycles. The van der Waals surface area contributed by atoms with Gasteiger partial charge in [-0.2, -0.15) is 0 Å². The van der Waals surface area contributed by atoms with E-state index in [0.717, 1.165) is 29.3 Å². The first-order valence-corrected chi connectivity index (χ1v) is 8.61. The van der Waals surface area contributed by atoms with Crippen LogP contribution in [0, 0.1) is 0 Å². The third-order valence-electron chi connectivity index (χ3n) is 3.81. The van der Waals surface area contributed by atoms with Gasteiger partial charge >= 0.3 is 0 Å². The maximum Gasteiger partial charge on any atom is 0.239 e. The summed E-state index contributed by atoms with van der Waals surface area (Å²) >= 11 is 1.85. The molecule has 0 unspecified atom stereocenters. The summed E-state index contributed by atoms with van der Waals surface area (Å²) in [5.74, 6) is 1.88. The molecule has 0 radical (unpaired) electrons. The predicted octanol–water partition coefficient (Wildman–Crippen LogP) is 2.92. The van der Waals surface area contributed by atoms with Crippen LogP contribution in [-0.2, 0) is 11.3 Å². The number of anilines is 1. The molecule has 0 bridgehead atoms. The maximum absolute atomic E-state index is 12.2. The molecule has 23 heavy (non-hydrogen) atoms. The van der Waals surface area contributed by atoms with Gasteiger partial charge in [0.2, 0.25) is 5.91 Å². The Labute approximate surface area is 140 Å². The summed E-state index contributed by atoms with van der Waals surface area (Å²) in [6, 6.07) is 16.0. The molecule has 5 heteroatoms. The number of methoxy groups -OCH3 is 1. The van der Waals surface area contributed by atoms with Crippen LogP contribution in [0.25, 0.3) is 0 Å². The van der Waals surface area contributed by atoms with Crippen LogP contribution in [0.2, 0.25) is 0 Å². The van der Waals surface area contributed by atoms with Crippen molar-refractivity contribution in [1.82, 2.24) is 5.32 Å². The first-order valence-electron chi connectivity index (χ1n) is 7.62. The van der Waals surface area contributed by atoms with E-state index >= 15 is 0 Å². The molecule has 0 aromatic heterocycles. The van der Waals surface area contributed by atoms with Crippen molar-refractivity contribution in [2.45, 2.75) is 11.4 Å². The van der Waals surface area contributed by atoms with Gasteiger partial charge in [-0.15, -0.1) is 11.8 Å². The van der Waals surface area contributed by atoms with Crippen LogP contribution in [0.15, 0.2) is 53.4 Å². The number of para-hydroxylation sites is 1. The number of benzene rings is 2. The molecule has 1 N–H and O–H groups in total. The van der Waals surface area contributed by atoms with Crippen LogP contribution in [0.1, 0.15) is 5.56 Å². The van der Waals surface area contributed by atoms with Crippen molar-refractivity contribution in [1.29, 1.82) is 0 Å². The third kappa shape index (κ3) is 3.99. The van der Waals surface area contributed by atoms with Gasteiger partial charge in [0.05, 0.1) is 19.3 Å². The molecule has 3 rings (SSSR count). The number of carbonyl (C=O) groups is 1. The van der Waals surface area contributed by atoms with Gasteiger partial charge in [0.25, 0.3) is 0 Å². The highest BCUT2D eigenvalue weighted by Gasteiger charge is 2.18. The maximum atomic E-state index is 12.2. The Morgan fingerprint density at radius 1 is 1.22 bits per heavy atom. The second-order valence-corrected chi connectivity index (χ2v) is 6.50. The molecule has 1 heterocycles. The van der Waals surface area contributed by atoms with Gasteiger partial charge in [-0.3, -0.25) is 4.79 Å². The molecule has 0 spiro atoms. The van der Waals surface area contributed by atoms with Crippen LogP contribution in [-0.4, -0.2) is 31.9 Å². The molecule has 0 fully saturated rings. The predicted molar refractivity (Wildman–Crippen MR) is 94.2 cm³/mol. The molecular weight excluding hydrogens is 308 g/mol. The first-order chi connectivity index (χ1) is 11.3. The summed E-state index contributed by atoms with van der Waals surface area (Å²) < 4.78 is 5.13. The van der Waals surface area contributed by atoms with Crippen molar-refractivity contribution in [3.8, 4) is 5.75 Å². The summed E-state index contributed by atoms with van der Waals surface area (Å²) in [4.78, 5) is 15.6. The highest BCUT2D eigenvalue weighted by atomic mass is 32.2. The zero-order valence-corrected chi connectivity index (χ0v) is 13.9. The Hall–Kier alpha value is -2.14. The standard InChI is InChI=1S/C18H20N2O2S/c1-22-15-8-6-14(7-9-15)12-19-18(21)13-20-10-11-23-17-5-3-2-4-16(17)20/h2-9H,10-13H2,1H3,(H,19,21). The fraction of sp³-hybridized carbons (Fsp3) is 0.278. The zero-order valence-electron chi connectivity index (χ0n) is 13.1. The quantitative estimate of drug-likeness (QED) is 0.916. The van der Waals surface area contributed by atoms with E-state index in [1.807, 2.05) is 48.2 Å². The first kappa shape index (κ1) is 15.7. The lowest BCUT2D eigenvalue weighted by Crippen LogP contribution is -2.39. The average Bonchev–Trinajstić information content (AvgIpc) is 2.61. The molecule has 0 saturated heterocycles. The van der Waals surface area contributed by atoms with Gasteiger partial charge in [0.1, 0.15) is 5.75 Å². The SMILES string of the molecule is COc1ccc(CNC(=O)CN2CCSc3ccccc32)cc1. The Balaban J connectivity index is 1.55. The average molecular weight is 328 g/mol. The molecule has 4 nitrogen and oxygen atoms in total. The summed E-state index contributed by atoms with van der Waals surface area (Å²) in [5, 5.41) is 2.99.